The maximum Gasteiger partial charge on any atom is 0.460 e. The fourth-order valence-electron chi connectivity index (χ4n) is 7.33. The summed E-state index contributed by atoms with van der Waals surface area (Å²) in [6.07, 6.45) is 19.8. The van der Waals surface area contributed by atoms with Gasteiger partial charge in [0.25, 0.3) is 0 Å². The van der Waals surface area contributed by atoms with Crippen LogP contribution in [0, 0.1) is 0 Å². The summed E-state index contributed by atoms with van der Waals surface area (Å²) in [7, 11) is 0. The first-order valence-electron chi connectivity index (χ1n) is 22.9. The first-order chi connectivity index (χ1) is 29.8. The molecular weight excluding hydrogens is 947 g/mol. The molecule has 65 heavy (non-hydrogen) atoms. The smallest absolute Gasteiger partial charge is 0.200 e. The number of unbranched alkanes of at least 4 members (excludes halogenated alkanes) is 30. The van der Waals surface area contributed by atoms with Gasteiger partial charge in [0, 0.05) is 6.42 Å². The van der Waals surface area contributed by atoms with Crippen LogP contribution in [0.2, 0.25) is 0 Å². The van der Waals surface area contributed by atoms with Crippen LogP contribution in [0.4, 0.5) is 92.2 Å². The Hall–Kier alpha value is -1.12. The SMILES string of the molecule is FC(F)(F)C(F)(F)C(F)(F)C(F)(F)C(F)(F)C(F)(F)C(F)(F)C(F)(F)C(F)(F)C(F)(F)CCCCCCCCCCCCCCCCCCCCCCCCCCCCCCCCCS. The molecular formula is C43H67F21S. The molecule has 0 aliphatic heterocycles. The molecule has 0 nitrogen and oxygen atoms in total. The van der Waals surface area contributed by atoms with Gasteiger partial charge in [0.1, 0.15) is 0 Å². The van der Waals surface area contributed by atoms with E-state index in [2.05, 4.69) is 12.6 Å². The predicted molar refractivity (Wildman–Crippen MR) is 212 cm³/mol. The largest absolute Gasteiger partial charge is 0.460 e. The van der Waals surface area contributed by atoms with Crippen molar-refractivity contribution in [3.8, 4) is 0 Å². The molecule has 0 amide bonds. The predicted octanol–water partition coefficient (Wildman–Crippen LogP) is 19.7. The molecule has 0 saturated heterocycles. The van der Waals surface area contributed by atoms with Crippen molar-refractivity contribution in [2.24, 2.45) is 0 Å². The van der Waals surface area contributed by atoms with Gasteiger partial charge in [-0.05, 0) is 18.6 Å². The Balaban J connectivity index is 4.33. The summed E-state index contributed by atoms with van der Waals surface area (Å²) in [4.78, 5) is 0. The number of rotatable bonds is 41. The highest BCUT2D eigenvalue weighted by atomic mass is 32.1. The Morgan fingerprint density at radius 3 is 0.523 bits per heavy atom. The molecule has 22 heteroatoms. The molecule has 0 saturated carbocycles. The van der Waals surface area contributed by atoms with E-state index in [0.29, 0.717) is 19.3 Å². The molecule has 392 valence electrons. The lowest BCUT2D eigenvalue weighted by Gasteiger charge is -2.44. The monoisotopic (exact) mass is 1010 g/mol. The molecule has 0 rings (SSSR count). The van der Waals surface area contributed by atoms with Crippen LogP contribution < -0.4 is 0 Å². The highest BCUT2D eigenvalue weighted by Gasteiger charge is 2.97. The lowest BCUT2D eigenvalue weighted by atomic mass is 9.85. The van der Waals surface area contributed by atoms with Crippen molar-refractivity contribution in [2.45, 2.75) is 265 Å². The molecule has 0 spiro atoms. The fraction of sp³-hybridized carbons (Fsp3) is 1.00. The molecule has 0 atom stereocenters. The second kappa shape index (κ2) is 28.5. The van der Waals surface area contributed by atoms with Crippen LogP contribution in [0.15, 0.2) is 0 Å². The highest BCUT2D eigenvalue weighted by molar-refractivity contribution is 7.80. The van der Waals surface area contributed by atoms with Gasteiger partial charge in [-0.2, -0.15) is 105 Å². The third-order valence-corrected chi connectivity index (χ3v) is 12.0. The molecule has 0 aromatic carbocycles. The summed E-state index contributed by atoms with van der Waals surface area (Å²) < 4.78 is 285. The molecule has 0 N–H and O–H groups in total. The van der Waals surface area contributed by atoms with Crippen molar-refractivity contribution in [1.82, 2.24) is 0 Å². The van der Waals surface area contributed by atoms with Crippen LogP contribution in [0.25, 0.3) is 0 Å². The minimum absolute atomic E-state index is 0.0114. The second-order valence-electron chi connectivity index (χ2n) is 17.2. The van der Waals surface area contributed by atoms with E-state index in [1.807, 2.05) is 0 Å². The maximum absolute atomic E-state index is 14.2. The molecule has 0 aromatic heterocycles. The first-order valence-corrected chi connectivity index (χ1v) is 23.5. The molecule has 0 unspecified atom stereocenters. The number of hydrogen-bond acceptors (Lipinski definition) is 1. The summed E-state index contributed by atoms with van der Waals surface area (Å²) in [5.41, 5.74) is 0. The Bertz CT molecular complexity index is 1240. The van der Waals surface area contributed by atoms with Crippen molar-refractivity contribution in [2.75, 3.05) is 5.75 Å². The van der Waals surface area contributed by atoms with E-state index in [1.165, 1.54) is 116 Å². The van der Waals surface area contributed by atoms with E-state index < -0.39 is 78.7 Å². The van der Waals surface area contributed by atoms with Crippen LogP contribution in [0.3, 0.4) is 0 Å². The van der Waals surface area contributed by atoms with Crippen molar-refractivity contribution in [3.63, 3.8) is 0 Å². The van der Waals surface area contributed by atoms with Crippen LogP contribution in [0.1, 0.15) is 205 Å². The number of thiol groups is 1. The third-order valence-electron chi connectivity index (χ3n) is 11.7. The number of alkyl halides is 21. The average molecular weight is 1020 g/mol. The van der Waals surface area contributed by atoms with Gasteiger partial charge in [0.05, 0.1) is 0 Å². The Kier molecular flexibility index (Phi) is 28.0. The van der Waals surface area contributed by atoms with Crippen molar-refractivity contribution >= 4 is 12.6 Å². The summed E-state index contributed by atoms with van der Waals surface area (Å²) in [5, 5.41) is 0. The Morgan fingerprint density at radius 1 is 0.185 bits per heavy atom. The van der Waals surface area contributed by atoms with E-state index in [1.54, 1.807) is 0 Å². The Morgan fingerprint density at radius 2 is 0.338 bits per heavy atom. The molecule has 0 aliphatic carbocycles. The zero-order valence-corrected chi connectivity index (χ0v) is 37.6. The summed E-state index contributed by atoms with van der Waals surface area (Å²) in [6, 6.07) is 0. The molecule has 0 bridgehead atoms. The molecule has 0 heterocycles. The van der Waals surface area contributed by atoms with E-state index in [-0.39, 0.29) is 6.42 Å². The van der Waals surface area contributed by atoms with Gasteiger partial charge in [-0.25, -0.2) is 0 Å². The normalized spacial score (nSPS) is 14.5. The number of halogens is 21. The van der Waals surface area contributed by atoms with Crippen molar-refractivity contribution < 1.29 is 92.2 Å². The van der Waals surface area contributed by atoms with Crippen LogP contribution in [0.5, 0.6) is 0 Å². The minimum Gasteiger partial charge on any atom is -0.200 e. The Labute approximate surface area is 375 Å². The first kappa shape index (κ1) is 63.9. The zero-order chi connectivity index (χ0) is 50.3. The van der Waals surface area contributed by atoms with E-state index in [9.17, 15) is 92.2 Å². The van der Waals surface area contributed by atoms with E-state index >= 15 is 0 Å². The summed E-state index contributed by atoms with van der Waals surface area (Å²) in [6.45, 7) is 0. The summed E-state index contributed by atoms with van der Waals surface area (Å²) >= 11 is 4.23. The van der Waals surface area contributed by atoms with Gasteiger partial charge in [0.2, 0.25) is 0 Å². The summed E-state index contributed by atoms with van der Waals surface area (Å²) in [5.74, 6) is -75.3. The lowest BCUT2D eigenvalue weighted by Crippen LogP contribution is -2.76. The fourth-order valence-corrected chi connectivity index (χ4v) is 7.56. The van der Waals surface area contributed by atoms with Crippen LogP contribution >= 0.6 is 12.6 Å². The highest BCUT2D eigenvalue weighted by Crippen LogP contribution is 2.66. The van der Waals surface area contributed by atoms with E-state index in [4.69, 9.17) is 0 Å². The molecule has 0 aliphatic rings. The van der Waals surface area contributed by atoms with Crippen molar-refractivity contribution in [1.29, 1.82) is 0 Å². The second-order valence-corrected chi connectivity index (χ2v) is 17.7. The topological polar surface area (TPSA) is 0 Å². The van der Waals surface area contributed by atoms with Gasteiger partial charge in [0.15, 0.2) is 0 Å². The maximum atomic E-state index is 14.2. The van der Waals surface area contributed by atoms with Gasteiger partial charge < -0.3 is 0 Å². The van der Waals surface area contributed by atoms with Gasteiger partial charge >= 0.3 is 59.5 Å². The third kappa shape index (κ3) is 17.7. The molecule has 0 aromatic rings. The van der Waals surface area contributed by atoms with E-state index in [0.717, 1.165) is 50.7 Å². The van der Waals surface area contributed by atoms with Gasteiger partial charge in [-0.3, -0.25) is 0 Å². The zero-order valence-electron chi connectivity index (χ0n) is 36.7. The van der Waals surface area contributed by atoms with Gasteiger partial charge in [-0.15, -0.1) is 0 Å². The van der Waals surface area contributed by atoms with Crippen molar-refractivity contribution in [3.05, 3.63) is 0 Å². The average Bonchev–Trinajstić information content (AvgIpc) is 3.20. The lowest BCUT2D eigenvalue weighted by molar-refractivity contribution is -0.474. The standard InChI is InChI=1S/C43H67F21S/c44-34(45,35(46,47)36(48,49)37(50,51)38(52,53)39(54,55)40(56,57)41(58,59)42(60,61)43(62,63)64)32-30-28-26-24-22-20-18-16-14-12-10-8-6-4-2-1-3-5-7-9-11-13-15-17-19-21-23-25-27-29-31-33-65/h65H,1-33H2. The molecule has 0 radical (unpaired) electrons. The quantitative estimate of drug-likeness (QED) is 0.0352. The molecule has 0 fully saturated rings. The van der Waals surface area contributed by atoms with Gasteiger partial charge in [-0.1, -0.05) is 186 Å². The number of hydrogen-bond donors (Lipinski definition) is 1. The van der Waals surface area contributed by atoms with Crippen LogP contribution in [-0.2, 0) is 0 Å². The minimum atomic E-state index is -9.14. The van der Waals surface area contributed by atoms with Crippen LogP contribution in [-0.4, -0.2) is 65.2 Å².